The van der Waals surface area contributed by atoms with Gasteiger partial charge in [-0.2, -0.15) is 13.2 Å². The minimum Gasteiger partial charge on any atom is -0.378 e. The topological polar surface area (TPSA) is 41.1 Å². The Hall–Kier alpha value is -1.86. The minimum absolute atomic E-state index is 0.0141. The highest BCUT2D eigenvalue weighted by Gasteiger charge is 2.30. The molecular formula is C16H18F3N3O. The number of hydrogen-bond donors (Lipinski definition) is 1. The van der Waals surface area contributed by atoms with E-state index < -0.39 is 11.7 Å². The van der Waals surface area contributed by atoms with Crippen LogP contribution in [0.1, 0.15) is 28.7 Å². The molecule has 1 aromatic heterocycles. The van der Waals surface area contributed by atoms with Crippen LogP contribution in [0.3, 0.4) is 0 Å². The van der Waals surface area contributed by atoms with Crippen molar-refractivity contribution in [3.05, 3.63) is 53.1 Å². The van der Waals surface area contributed by atoms with Crippen LogP contribution in [0.15, 0.2) is 30.5 Å². The lowest BCUT2D eigenvalue weighted by Crippen LogP contribution is -2.39. The number of morpholine rings is 1. The molecule has 1 atom stereocenters. The molecule has 23 heavy (non-hydrogen) atoms. The molecule has 0 amide bonds. The number of imidazole rings is 1. The molecule has 0 bridgehead atoms. The summed E-state index contributed by atoms with van der Waals surface area (Å²) in [6.45, 7) is 4.34. The second kappa shape index (κ2) is 6.33. The van der Waals surface area contributed by atoms with Crippen molar-refractivity contribution in [1.29, 1.82) is 0 Å². The van der Waals surface area contributed by atoms with Gasteiger partial charge in [0.1, 0.15) is 5.82 Å². The standard InChI is InChI=1S/C16H18F3N3O/c1-11-8-20-15(21-11)14-10-23-7-6-22(14)9-12-2-4-13(5-3-12)16(17,18)19/h2-5,8,14H,6-7,9-10H2,1H3,(H,20,21). The number of alkyl halides is 3. The average molecular weight is 325 g/mol. The average Bonchev–Trinajstić information content (AvgIpc) is 2.94. The van der Waals surface area contributed by atoms with Crippen molar-refractivity contribution >= 4 is 0 Å². The number of rotatable bonds is 3. The van der Waals surface area contributed by atoms with Gasteiger partial charge in [0.05, 0.1) is 24.8 Å². The van der Waals surface area contributed by atoms with Gasteiger partial charge in [0.15, 0.2) is 0 Å². The summed E-state index contributed by atoms with van der Waals surface area (Å²) in [5.41, 5.74) is 1.19. The Balaban J connectivity index is 1.74. The Kier molecular flexibility index (Phi) is 4.41. The second-order valence-electron chi connectivity index (χ2n) is 5.71. The summed E-state index contributed by atoms with van der Waals surface area (Å²) in [4.78, 5) is 9.73. The molecule has 1 aromatic carbocycles. The van der Waals surface area contributed by atoms with E-state index in [1.54, 1.807) is 6.20 Å². The third-order valence-corrected chi connectivity index (χ3v) is 3.94. The normalized spacial score (nSPS) is 19.9. The zero-order valence-corrected chi connectivity index (χ0v) is 12.7. The third-order valence-electron chi connectivity index (χ3n) is 3.94. The zero-order valence-electron chi connectivity index (χ0n) is 12.7. The molecule has 7 heteroatoms. The highest BCUT2D eigenvalue weighted by molar-refractivity contribution is 5.24. The van der Waals surface area contributed by atoms with Crippen molar-refractivity contribution in [1.82, 2.24) is 14.9 Å². The number of nitrogens with zero attached hydrogens (tertiary/aromatic N) is 2. The predicted octanol–water partition coefficient (Wildman–Crippen LogP) is 3.31. The highest BCUT2D eigenvalue weighted by atomic mass is 19.4. The molecule has 2 aromatic rings. The van der Waals surface area contributed by atoms with Crippen LogP contribution < -0.4 is 0 Å². The van der Waals surface area contributed by atoms with Gasteiger partial charge in [0.25, 0.3) is 0 Å². The molecular weight excluding hydrogens is 307 g/mol. The fraction of sp³-hybridized carbons (Fsp3) is 0.438. The maximum Gasteiger partial charge on any atom is 0.416 e. The van der Waals surface area contributed by atoms with E-state index in [1.807, 2.05) is 6.92 Å². The van der Waals surface area contributed by atoms with Crippen molar-refractivity contribution in [2.45, 2.75) is 25.7 Å². The van der Waals surface area contributed by atoms with Crippen LogP contribution in [0.5, 0.6) is 0 Å². The number of halogens is 3. The van der Waals surface area contributed by atoms with Gasteiger partial charge in [-0.05, 0) is 24.6 Å². The van der Waals surface area contributed by atoms with E-state index in [0.29, 0.717) is 26.3 Å². The molecule has 1 aliphatic heterocycles. The quantitative estimate of drug-likeness (QED) is 0.941. The number of ether oxygens (including phenoxy) is 1. The van der Waals surface area contributed by atoms with E-state index in [1.165, 1.54) is 12.1 Å². The highest BCUT2D eigenvalue weighted by Crippen LogP contribution is 2.30. The number of hydrogen-bond acceptors (Lipinski definition) is 3. The summed E-state index contributed by atoms with van der Waals surface area (Å²) in [7, 11) is 0. The van der Waals surface area contributed by atoms with Crippen molar-refractivity contribution in [3.63, 3.8) is 0 Å². The Morgan fingerprint density at radius 1 is 1.30 bits per heavy atom. The Morgan fingerprint density at radius 2 is 2.04 bits per heavy atom. The zero-order chi connectivity index (χ0) is 16.4. The van der Waals surface area contributed by atoms with E-state index >= 15 is 0 Å². The van der Waals surface area contributed by atoms with Crippen LogP contribution in [-0.2, 0) is 17.5 Å². The van der Waals surface area contributed by atoms with Crippen molar-refractivity contribution in [3.8, 4) is 0 Å². The maximum absolute atomic E-state index is 12.6. The fourth-order valence-electron chi connectivity index (χ4n) is 2.72. The molecule has 1 saturated heterocycles. The number of nitrogens with one attached hydrogen (secondary N) is 1. The Bertz CT molecular complexity index is 651. The van der Waals surface area contributed by atoms with Gasteiger partial charge in [0, 0.05) is 25.0 Å². The fourth-order valence-corrected chi connectivity index (χ4v) is 2.72. The van der Waals surface area contributed by atoms with E-state index in [-0.39, 0.29) is 6.04 Å². The van der Waals surface area contributed by atoms with Gasteiger partial charge in [0.2, 0.25) is 0 Å². The molecule has 1 fully saturated rings. The van der Waals surface area contributed by atoms with Crippen molar-refractivity contribution in [2.75, 3.05) is 19.8 Å². The first-order chi connectivity index (χ1) is 10.9. The van der Waals surface area contributed by atoms with Gasteiger partial charge in [-0.3, -0.25) is 4.90 Å². The maximum atomic E-state index is 12.6. The molecule has 1 N–H and O–H groups in total. The summed E-state index contributed by atoms with van der Waals surface area (Å²) in [6.07, 6.45) is -2.54. The minimum atomic E-state index is -4.30. The monoisotopic (exact) mass is 325 g/mol. The summed E-state index contributed by atoms with van der Waals surface area (Å²) >= 11 is 0. The van der Waals surface area contributed by atoms with Gasteiger partial charge in [-0.25, -0.2) is 4.98 Å². The van der Waals surface area contributed by atoms with Crippen molar-refractivity contribution in [2.24, 2.45) is 0 Å². The first kappa shape index (κ1) is 16.0. The van der Waals surface area contributed by atoms with E-state index in [4.69, 9.17) is 4.74 Å². The molecule has 1 unspecified atom stereocenters. The first-order valence-electron chi connectivity index (χ1n) is 7.43. The van der Waals surface area contributed by atoms with Gasteiger partial charge in [-0.15, -0.1) is 0 Å². The Labute approximate surface area is 132 Å². The van der Waals surface area contributed by atoms with Gasteiger partial charge in [-0.1, -0.05) is 12.1 Å². The lowest BCUT2D eigenvalue weighted by molar-refractivity contribution is -0.137. The number of aromatic amines is 1. The first-order valence-corrected chi connectivity index (χ1v) is 7.43. The van der Waals surface area contributed by atoms with Crippen LogP contribution in [-0.4, -0.2) is 34.6 Å². The second-order valence-corrected chi connectivity index (χ2v) is 5.71. The summed E-state index contributed by atoms with van der Waals surface area (Å²) in [5.74, 6) is 0.828. The molecule has 0 saturated carbocycles. The Morgan fingerprint density at radius 3 is 2.65 bits per heavy atom. The molecule has 4 nitrogen and oxygen atoms in total. The molecule has 0 spiro atoms. The van der Waals surface area contributed by atoms with E-state index in [9.17, 15) is 13.2 Å². The largest absolute Gasteiger partial charge is 0.416 e. The predicted molar refractivity (Wildman–Crippen MR) is 78.7 cm³/mol. The number of aromatic nitrogens is 2. The van der Waals surface area contributed by atoms with Crippen LogP contribution in [0.2, 0.25) is 0 Å². The summed E-state index contributed by atoms with van der Waals surface area (Å²) in [5, 5.41) is 0. The lowest BCUT2D eigenvalue weighted by atomic mass is 10.1. The number of benzene rings is 1. The van der Waals surface area contributed by atoms with Gasteiger partial charge >= 0.3 is 6.18 Å². The third kappa shape index (κ3) is 3.73. The van der Waals surface area contributed by atoms with Crippen LogP contribution in [0.4, 0.5) is 13.2 Å². The van der Waals surface area contributed by atoms with Crippen LogP contribution in [0, 0.1) is 6.92 Å². The van der Waals surface area contributed by atoms with Crippen LogP contribution in [0.25, 0.3) is 0 Å². The number of H-pyrrole nitrogens is 1. The van der Waals surface area contributed by atoms with Gasteiger partial charge < -0.3 is 9.72 Å². The molecule has 3 rings (SSSR count). The summed E-state index contributed by atoms with van der Waals surface area (Å²) in [6, 6.07) is 5.30. The molecule has 0 radical (unpaired) electrons. The van der Waals surface area contributed by atoms with Crippen LogP contribution >= 0.6 is 0 Å². The molecule has 2 heterocycles. The smallest absolute Gasteiger partial charge is 0.378 e. The molecule has 124 valence electrons. The molecule has 0 aliphatic carbocycles. The number of aryl methyl sites for hydroxylation is 1. The van der Waals surface area contributed by atoms with Crippen molar-refractivity contribution < 1.29 is 17.9 Å². The SMILES string of the molecule is Cc1cnc(C2COCCN2Cc2ccc(C(F)(F)F)cc2)[nH]1. The lowest BCUT2D eigenvalue weighted by Gasteiger charge is -2.34. The van der Waals surface area contributed by atoms with E-state index in [0.717, 1.165) is 29.2 Å². The summed E-state index contributed by atoms with van der Waals surface area (Å²) < 4.78 is 43.4. The molecule has 1 aliphatic rings. The van der Waals surface area contributed by atoms with E-state index in [2.05, 4.69) is 14.9 Å².